The van der Waals surface area contributed by atoms with Crippen LogP contribution >= 0.6 is 0 Å². The summed E-state index contributed by atoms with van der Waals surface area (Å²) in [6.07, 6.45) is -2.62. The molecule has 17 heavy (non-hydrogen) atoms. The van der Waals surface area contributed by atoms with Gasteiger partial charge in [-0.2, -0.15) is 0 Å². The second-order valence-electron chi connectivity index (χ2n) is 3.38. The molecule has 0 aliphatic carbocycles. The van der Waals surface area contributed by atoms with Crippen molar-refractivity contribution < 1.29 is 15.0 Å². The highest BCUT2D eigenvalue weighted by molar-refractivity contribution is 5.94. The number of nitrogens with zero attached hydrogens (tertiary/aromatic N) is 3. The van der Waals surface area contributed by atoms with Gasteiger partial charge >= 0.3 is 0 Å². The van der Waals surface area contributed by atoms with Crippen LogP contribution in [0.5, 0.6) is 0 Å². The van der Waals surface area contributed by atoms with E-state index in [1.165, 1.54) is 12.1 Å². The van der Waals surface area contributed by atoms with Crippen LogP contribution in [0.4, 0.5) is 0 Å². The summed E-state index contributed by atoms with van der Waals surface area (Å²) in [4.78, 5) is 13.6. The van der Waals surface area contributed by atoms with Crippen molar-refractivity contribution in [3.63, 3.8) is 0 Å². The first kappa shape index (κ1) is 13.0. The molecule has 0 aliphatic heterocycles. The smallest absolute Gasteiger partial charge is 0.249 e. The van der Waals surface area contributed by atoms with Crippen LogP contribution in [0.1, 0.15) is 22.0 Å². The van der Waals surface area contributed by atoms with Gasteiger partial charge in [-0.25, -0.2) is 0 Å². The average molecular weight is 236 g/mol. The van der Waals surface area contributed by atoms with Gasteiger partial charge < -0.3 is 15.9 Å². The molecule has 1 aromatic carbocycles. The largest absolute Gasteiger partial charge is 0.390 e. The highest BCUT2D eigenvalue weighted by atomic mass is 16.3. The van der Waals surface area contributed by atoms with Gasteiger partial charge in [0, 0.05) is 10.5 Å². The number of carbonyl (C=O) groups excluding carboxylic acids is 1. The fourth-order valence-corrected chi connectivity index (χ4v) is 1.41. The maximum absolute atomic E-state index is 11.1. The van der Waals surface area contributed by atoms with Gasteiger partial charge in [-0.05, 0) is 17.2 Å². The molecule has 0 saturated carbocycles. The van der Waals surface area contributed by atoms with E-state index in [0.29, 0.717) is 0 Å². The summed E-state index contributed by atoms with van der Waals surface area (Å²) in [7, 11) is 0. The maximum atomic E-state index is 11.1. The molecule has 7 nitrogen and oxygen atoms in total. The number of carbonyl (C=O) groups is 1. The van der Waals surface area contributed by atoms with Gasteiger partial charge in [-0.1, -0.05) is 23.3 Å². The third kappa shape index (κ3) is 3.18. The minimum atomic E-state index is -1.33. The predicted molar refractivity (Wildman–Crippen MR) is 59.9 cm³/mol. The SMILES string of the molecule is [N-]=[N+]=NCC(O)C(O)c1ccccc1C(N)=O. The molecule has 1 rings (SSSR count). The molecule has 1 amide bonds. The topological polar surface area (TPSA) is 132 Å². The Morgan fingerprint density at radius 3 is 2.71 bits per heavy atom. The molecule has 0 radical (unpaired) electrons. The first-order valence-electron chi connectivity index (χ1n) is 4.83. The van der Waals surface area contributed by atoms with Crippen molar-refractivity contribution in [2.45, 2.75) is 12.2 Å². The monoisotopic (exact) mass is 236 g/mol. The summed E-state index contributed by atoms with van der Waals surface area (Å²) < 4.78 is 0. The van der Waals surface area contributed by atoms with Crippen molar-refractivity contribution in [2.24, 2.45) is 10.8 Å². The molecule has 0 saturated heterocycles. The first-order chi connectivity index (χ1) is 8.07. The van der Waals surface area contributed by atoms with Gasteiger partial charge in [-0.15, -0.1) is 0 Å². The van der Waals surface area contributed by atoms with Crippen molar-refractivity contribution in [2.75, 3.05) is 6.54 Å². The van der Waals surface area contributed by atoms with Crippen molar-refractivity contribution in [1.29, 1.82) is 0 Å². The summed E-state index contributed by atoms with van der Waals surface area (Å²) >= 11 is 0. The van der Waals surface area contributed by atoms with E-state index in [9.17, 15) is 15.0 Å². The second kappa shape index (κ2) is 5.86. The summed E-state index contributed by atoms with van der Waals surface area (Å²) in [6, 6.07) is 6.12. The lowest BCUT2D eigenvalue weighted by Gasteiger charge is -2.18. The van der Waals surface area contributed by atoms with E-state index in [2.05, 4.69) is 10.0 Å². The van der Waals surface area contributed by atoms with E-state index in [1.807, 2.05) is 0 Å². The van der Waals surface area contributed by atoms with E-state index in [4.69, 9.17) is 11.3 Å². The number of rotatable bonds is 5. The molecule has 0 aliphatic rings. The van der Waals surface area contributed by atoms with E-state index in [1.54, 1.807) is 12.1 Å². The van der Waals surface area contributed by atoms with Crippen molar-refractivity contribution in [3.05, 3.63) is 45.8 Å². The van der Waals surface area contributed by atoms with Crippen molar-refractivity contribution in [1.82, 2.24) is 0 Å². The number of primary amides is 1. The third-order valence-electron chi connectivity index (χ3n) is 2.24. The lowest BCUT2D eigenvalue weighted by Crippen LogP contribution is -2.24. The molecule has 0 spiro atoms. The van der Waals surface area contributed by atoms with Crippen LogP contribution in [0.25, 0.3) is 10.4 Å². The minimum Gasteiger partial charge on any atom is -0.390 e. The number of amides is 1. The molecule has 7 heteroatoms. The molecule has 1 aromatic rings. The Kier molecular flexibility index (Phi) is 4.47. The number of benzene rings is 1. The molecule has 0 bridgehead atoms. The number of aliphatic hydroxyl groups is 2. The van der Waals surface area contributed by atoms with E-state index >= 15 is 0 Å². The summed E-state index contributed by atoms with van der Waals surface area (Å²) in [5.41, 5.74) is 13.6. The molecular formula is C10H12N4O3. The second-order valence-corrected chi connectivity index (χ2v) is 3.38. The zero-order valence-corrected chi connectivity index (χ0v) is 8.89. The van der Waals surface area contributed by atoms with E-state index in [0.717, 1.165) is 0 Å². The Morgan fingerprint density at radius 1 is 1.47 bits per heavy atom. The van der Waals surface area contributed by atoms with Crippen LogP contribution in [0.15, 0.2) is 29.4 Å². The zero-order valence-electron chi connectivity index (χ0n) is 8.89. The zero-order chi connectivity index (χ0) is 12.8. The van der Waals surface area contributed by atoms with Crippen molar-refractivity contribution >= 4 is 5.91 Å². The van der Waals surface area contributed by atoms with Crippen LogP contribution in [-0.4, -0.2) is 28.8 Å². The first-order valence-corrected chi connectivity index (χ1v) is 4.83. The lowest BCUT2D eigenvalue weighted by atomic mass is 9.98. The summed E-state index contributed by atoms with van der Waals surface area (Å²) in [5.74, 6) is -0.698. The minimum absolute atomic E-state index is 0.125. The molecule has 4 N–H and O–H groups in total. The molecule has 2 unspecified atom stereocenters. The van der Waals surface area contributed by atoms with Gasteiger partial charge in [0.15, 0.2) is 0 Å². The maximum Gasteiger partial charge on any atom is 0.249 e. The Morgan fingerprint density at radius 2 is 2.12 bits per heavy atom. The number of azide groups is 1. The van der Waals surface area contributed by atoms with Crippen LogP contribution in [0.2, 0.25) is 0 Å². The normalized spacial score (nSPS) is 13.5. The lowest BCUT2D eigenvalue weighted by molar-refractivity contribution is 0.0239. The Balaban J connectivity index is 2.98. The Labute approximate surface area is 97.1 Å². The number of hydrogen-bond donors (Lipinski definition) is 3. The van der Waals surface area contributed by atoms with Gasteiger partial charge in [0.1, 0.15) is 6.10 Å². The quantitative estimate of drug-likeness (QED) is 0.390. The molecule has 0 aromatic heterocycles. The van der Waals surface area contributed by atoms with Crippen LogP contribution in [-0.2, 0) is 0 Å². The fourth-order valence-electron chi connectivity index (χ4n) is 1.41. The van der Waals surface area contributed by atoms with Crippen LogP contribution in [0.3, 0.4) is 0 Å². The predicted octanol–water partition coefficient (Wildman–Crippen LogP) is 0.490. The molecule has 0 heterocycles. The molecule has 0 fully saturated rings. The number of hydrogen-bond acceptors (Lipinski definition) is 4. The average Bonchev–Trinajstić information content (AvgIpc) is 2.34. The highest BCUT2D eigenvalue weighted by Crippen LogP contribution is 2.21. The van der Waals surface area contributed by atoms with Crippen molar-refractivity contribution in [3.8, 4) is 0 Å². The van der Waals surface area contributed by atoms with E-state index in [-0.39, 0.29) is 17.7 Å². The van der Waals surface area contributed by atoms with Gasteiger partial charge in [-0.3, -0.25) is 4.79 Å². The standard InChI is InChI=1S/C10H12N4O3/c11-10(17)7-4-2-1-3-6(7)9(16)8(15)5-13-14-12/h1-4,8-9,15-16H,5H2,(H2,11,17). The van der Waals surface area contributed by atoms with Gasteiger partial charge in [0.2, 0.25) is 5.91 Å². The third-order valence-corrected chi connectivity index (χ3v) is 2.24. The van der Waals surface area contributed by atoms with Gasteiger partial charge in [0.25, 0.3) is 0 Å². The number of aliphatic hydroxyl groups excluding tert-OH is 2. The summed E-state index contributed by atoms with van der Waals surface area (Å²) in [5, 5.41) is 22.5. The Bertz CT molecular complexity index is 457. The van der Waals surface area contributed by atoms with Crippen LogP contribution < -0.4 is 5.73 Å². The van der Waals surface area contributed by atoms with Crippen LogP contribution in [0, 0.1) is 0 Å². The highest BCUT2D eigenvalue weighted by Gasteiger charge is 2.21. The van der Waals surface area contributed by atoms with Gasteiger partial charge in [0.05, 0.1) is 12.6 Å². The number of nitrogens with two attached hydrogens (primary N) is 1. The summed E-state index contributed by atoms with van der Waals surface area (Å²) in [6.45, 7) is -0.287. The molecule has 90 valence electrons. The fraction of sp³-hybridized carbons (Fsp3) is 0.300. The molecule has 2 atom stereocenters. The Hall–Kier alpha value is -2.08. The molecular weight excluding hydrogens is 224 g/mol. The van der Waals surface area contributed by atoms with E-state index < -0.39 is 18.1 Å².